The van der Waals surface area contributed by atoms with Crippen molar-refractivity contribution in [1.29, 1.82) is 0 Å². The molecule has 0 amide bonds. The number of nitrogens with two attached hydrogens (primary N) is 1. The second-order valence-electron chi connectivity index (χ2n) is 3.78. The Morgan fingerprint density at radius 3 is 2.46 bits per heavy atom. The maximum atomic E-state index is 5.36. The summed E-state index contributed by atoms with van der Waals surface area (Å²) in [6, 6.07) is 10.7. The molecule has 1 aromatic carbocycles. The van der Waals surface area contributed by atoms with Gasteiger partial charge < -0.3 is 5.73 Å². The molecule has 0 bridgehead atoms. The van der Waals surface area contributed by atoms with Crippen LogP contribution in [-0.2, 0) is 5.41 Å². The summed E-state index contributed by atoms with van der Waals surface area (Å²) >= 11 is 0. The van der Waals surface area contributed by atoms with Crippen molar-refractivity contribution in [2.45, 2.75) is 24.7 Å². The summed E-state index contributed by atoms with van der Waals surface area (Å²) in [7, 11) is 0. The van der Waals surface area contributed by atoms with E-state index in [-0.39, 0.29) is 0 Å². The second-order valence-corrected chi connectivity index (χ2v) is 3.78. The fraction of sp³-hybridized carbons (Fsp3) is 0.333. The molecule has 1 fully saturated rings. The average Bonchev–Trinajstić information content (AvgIpc) is 2.97. The van der Waals surface area contributed by atoms with E-state index in [2.05, 4.69) is 36.4 Å². The zero-order valence-corrected chi connectivity index (χ0v) is 7.74. The Morgan fingerprint density at radius 2 is 1.92 bits per heavy atom. The lowest BCUT2D eigenvalue weighted by Gasteiger charge is -2.12. The quantitative estimate of drug-likeness (QED) is 0.747. The van der Waals surface area contributed by atoms with Crippen LogP contribution in [0.4, 0.5) is 0 Å². The van der Waals surface area contributed by atoms with Gasteiger partial charge in [-0.25, -0.2) is 0 Å². The van der Waals surface area contributed by atoms with E-state index in [0.717, 1.165) is 6.42 Å². The van der Waals surface area contributed by atoms with Crippen LogP contribution in [0.3, 0.4) is 0 Å². The van der Waals surface area contributed by atoms with Crippen molar-refractivity contribution in [1.82, 2.24) is 0 Å². The van der Waals surface area contributed by atoms with E-state index in [9.17, 15) is 0 Å². The Morgan fingerprint density at radius 1 is 1.23 bits per heavy atom. The molecule has 1 aliphatic rings. The summed E-state index contributed by atoms with van der Waals surface area (Å²) in [4.78, 5) is 0. The second kappa shape index (κ2) is 3.25. The molecule has 0 saturated heterocycles. The van der Waals surface area contributed by atoms with E-state index in [1.807, 2.05) is 0 Å². The van der Waals surface area contributed by atoms with Crippen molar-refractivity contribution in [2.24, 2.45) is 5.73 Å². The number of hydrogen-bond donors (Lipinski definition) is 1. The molecule has 1 heteroatoms. The first-order valence-corrected chi connectivity index (χ1v) is 4.80. The highest BCUT2D eigenvalue weighted by molar-refractivity contribution is 5.31. The lowest BCUT2D eigenvalue weighted by atomic mass is 9.92. The van der Waals surface area contributed by atoms with Crippen molar-refractivity contribution >= 4 is 0 Å². The van der Waals surface area contributed by atoms with Gasteiger partial charge in [0.2, 0.25) is 0 Å². The Bertz CT molecular complexity index is 296. The van der Waals surface area contributed by atoms with Crippen LogP contribution in [0.15, 0.2) is 42.6 Å². The van der Waals surface area contributed by atoms with Crippen molar-refractivity contribution < 1.29 is 0 Å². The minimum Gasteiger partial charge on any atom is -0.405 e. The standard InChI is InChI=1S/C12H15N/c13-10-4-7-12(8-9-12)11-5-2-1-3-6-11/h1-6,10H,7-9,13H2. The van der Waals surface area contributed by atoms with Crippen LogP contribution in [0.1, 0.15) is 24.8 Å². The predicted octanol–water partition coefficient (Wildman–Crippen LogP) is 2.58. The van der Waals surface area contributed by atoms with Gasteiger partial charge in [0.15, 0.2) is 0 Å². The molecule has 1 nitrogen and oxygen atoms in total. The van der Waals surface area contributed by atoms with E-state index in [1.54, 1.807) is 6.20 Å². The monoisotopic (exact) mass is 173 g/mol. The van der Waals surface area contributed by atoms with Crippen LogP contribution in [0.5, 0.6) is 0 Å². The molecule has 0 unspecified atom stereocenters. The van der Waals surface area contributed by atoms with Gasteiger partial charge >= 0.3 is 0 Å². The fourth-order valence-corrected chi connectivity index (χ4v) is 1.85. The molecule has 0 radical (unpaired) electrons. The van der Waals surface area contributed by atoms with Gasteiger partial charge in [-0.15, -0.1) is 0 Å². The van der Waals surface area contributed by atoms with Gasteiger partial charge in [-0.3, -0.25) is 0 Å². The summed E-state index contributed by atoms with van der Waals surface area (Å²) in [5, 5.41) is 0. The maximum absolute atomic E-state index is 5.36. The number of hydrogen-bond acceptors (Lipinski definition) is 1. The van der Waals surface area contributed by atoms with Crippen molar-refractivity contribution in [3.8, 4) is 0 Å². The summed E-state index contributed by atoms with van der Waals surface area (Å²) in [5.74, 6) is 0. The molecule has 1 aromatic rings. The third kappa shape index (κ3) is 1.59. The van der Waals surface area contributed by atoms with E-state index in [1.165, 1.54) is 18.4 Å². The van der Waals surface area contributed by atoms with Gasteiger partial charge in [-0.2, -0.15) is 0 Å². The normalized spacial score (nSPS) is 19.1. The minimum atomic E-state index is 0.428. The van der Waals surface area contributed by atoms with Crippen LogP contribution in [-0.4, -0.2) is 0 Å². The number of benzene rings is 1. The number of rotatable bonds is 3. The highest BCUT2D eigenvalue weighted by Gasteiger charge is 2.42. The SMILES string of the molecule is NC=CCC1(c2ccccc2)CC1. The molecule has 13 heavy (non-hydrogen) atoms. The highest BCUT2D eigenvalue weighted by Crippen LogP contribution is 2.51. The molecule has 2 N–H and O–H groups in total. The van der Waals surface area contributed by atoms with Crippen LogP contribution >= 0.6 is 0 Å². The molecule has 1 saturated carbocycles. The zero-order valence-electron chi connectivity index (χ0n) is 7.74. The van der Waals surface area contributed by atoms with Crippen molar-refractivity contribution in [3.05, 3.63) is 48.2 Å². The van der Waals surface area contributed by atoms with Crippen LogP contribution in [0.25, 0.3) is 0 Å². The topological polar surface area (TPSA) is 26.0 Å². The largest absolute Gasteiger partial charge is 0.405 e. The fourth-order valence-electron chi connectivity index (χ4n) is 1.85. The van der Waals surface area contributed by atoms with Crippen LogP contribution in [0.2, 0.25) is 0 Å². The number of allylic oxidation sites excluding steroid dienone is 1. The molecule has 0 heterocycles. The summed E-state index contributed by atoms with van der Waals surface area (Å²) in [6.45, 7) is 0. The van der Waals surface area contributed by atoms with Gasteiger partial charge in [-0.1, -0.05) is 36.4 Å². The van der Waals surface area contributed by atoms with E-state index in [4.69, 9.17) is 5.73 Å². The molecule has 0 aliphatic heterocycles. The molecular formula is C12H15N. The first-order valence-electron chi connectivity index (χ1n) is 4.80. The first kappa shape index (κ1) is 8.36. The summed E-state index contributed by atoms with van der Waals surface area (Å²) in [6.07, 6.45) is 7.43. The van der Waals surface area contributed by atoms with Crippen molar-refractivity contribution in [3.63, 3.8) is 0 Å². The maximum Gasteiger partial charge on any atom is -0.00113 e. The lowest BCUT2D eigenvalue weighted by Crippen LogP contribution is -2.04. The Labute approximate surface area is 79.3 Å². The van der Waals surface area contributed by atoms with E-state index in [0.29, 0.717) is 5.41 Å². The first-order chi connectivity index (χ1) is 6.37. The predicted molar refractivity (Wildman–Crippen MR) is 55.3 cm³/mol. The van der Waals surface area contributed by atoms with E-state index >= 15 is 0 Å². The van der Waals surface area contributed by atoms with Gasteiger partial charge in [0.25, 0.3) is 0 Å². The molecule has 68 valence electrons. The van der Waals surface area contributed by atoms with Crippen LogP contribution < -0.4 is 5.73 Å². The summed E-state index contributed by atoms with van der Waals surface area (Å²) in [5.41, 5.74) is 7.25. The highest BCUT2D eigenvalue weighted by atomic mass is 14.5. The minimum absolute atomic E-state index is 0.428. The zero-order chi connectivity index (χ0) is 9.15. The lowest BCUT2D eigenvalue weighted by molar-refractivity contribution is 0.706. The molecule has 0 spiro atoms. The molecular weight excluding hydrogens is 158 g/mol. The van der Waals surface area contributed by atoms with E-state index < -0.39 is 0 Å². The molecule has 1 aliphatic carbocycles. The molecule has 2 rings (SSSR count). The average molecular weight is 173 g/mol. The molecule has 0 aromatic heterocycles. The Balaban J connectivity index is 2.16. The van der Waals surface area contributed by atoms with Gasteiger partial charge in [0.1, 0.15) is 0 Å². The van der Waals surface area contributed by atoms with Crippen molar-refractivity contribution in [2.75, 3.05) is 0 Å². The van der Waals surface area contributed by atoms with Crippen LogP contribution in [0, 0.1) is 0 Å². The van der Waals surface area contributed by atoms with Gasteiger partial charge in [0, 0.05) is 0 Å². The Kier molecular flexibility index (Phi) is 2.09. The Hall–Kier alpha value is -1.24. The third-order valence-electron chi connectivity index (χ3n) is 2.88. The molecule has 0 atom stereocenters. The van der Waals surface area contributed by atoms with Gasteiger partial charge in [0.05, 0.1) is 0 Å². The summed E-state index contributed by atoms with van der Waals surface area (Å²) < 4.78 is 0. The smallest absolute Gasteiger partial charge is 0.00113 e. The third-order valence-corrected chi connectivity index (χ3v) is 2.88. The van der Waals surface area contributed by atoms with Gasteiger partial charge in [-0.05, 0) is 36.4 Å².